The van der Waals surface area contributed by atoms with Gasteiger partial charge < -0.3 is 4.74 Å². The van der Waals surface area contributed by atoms with Crippen molar-refractivity contribution in [2.45, 2.75) is 12.2 Å². The Balaban J connectivity index is 2.15. The summed E-state index contributed by atoms with van der Waals surface area (Å²) in [5.41, 5.74) is 1.08. The smallest absolute Gasteiger partial charge is 0.0589 e. The number of methoxy groups -OCH3 is 1. The minimum Gasteiger partial charge on any atom is -0.385 e. The Labute approximate surface area is 94.0 Å². The van der Waals surface area contributed by atoms with Crippen molar-refractivity contribution in [1.82, 2.24) is 4.98 Å². The van der Waals surface area contributed by atoms with Crippen LogP contribution in [0.1, 0.15) is 12.1 Å². The number of halogens is 1. The minimum absolute atomic E-state index is 0.693. The fourth-order valence-corrected chi connectivity index (χ4v) is 1.93. The standard InChI is InChI=1S/C10H14ClNOS/c1-13-5-2-6-14-8-10-4-3-9(11)7-12-10/h3-4,7H,2,5-6,8H2,1H3. The predicted molar refractivity (Wildman–Crippen MR) is 61.9 cm³/mol. The molecule has 0 aromatic carbocycles. The molecule has 0 aliphatic carbocycles. The Hall–Kier alpha value is -0.250. The van der Waals surface area contributed by atoms with Crippen LogP contribution in [-0.4, -0.2) is 24.5 Å². The Kier molecular flexibility index (Phi) is 5.99. The highest BCUT2D eigenvalue weighted by atomic mass is 35.5. The fraction of sp³-hybridized carbons (Fsp3) is 0.500. The number of aromatic nitrogens is 1. The van der Waals surface area contributed by atoms with E-state index in [2.05, 4.69) is 4.98 Å². The lowest BCUT2D eigenvalue weighted by molar-refractivity contribution is 0.200. The van der Waals surface area contributed by atoms with Crippen molar-refractivity contribution < 1.29 is 4.74 Å². The van der Waals surface area contributed by atoms with E-state index < -0.39 is 0 Å². The molecule has 1 heterocycles. The van der Waals surface area contributed by atoms with Crippen molar-refractivity contribution >= 4 is 23.4 Å². The topological polar surface area (TPSA) is 22.1 Å². The molecule has 0 saturated carbocycles. The van der Waals surface area contributed by atoms with E-state index in [1.54, 1.807) is 13.3 Å². The number of nitrogens with zero attached hydrogens (tertiary/aromatic N) is 1. The van der Waals surface area contributed by atoms with Crippen LogP contribution in [0.4, 0.5) is 0 Å². The molecule has 0 atom stereocenters. The normalized spacial score (nSPS) is 10.4. The third kappa shape index (κ3) is 4.84. The van der Waals surface area contributed by atoms with Gasteiger partial charge in [0.25, 0.3) is 0 Å². The molecule has 0 bridgehead atoms. The van der Waals surface area contributed by atoms with E-state index in [1.165, 1.54) is 0 Å². The lowest BCUT2D eigenvalue weighted by Crippen LogP contribution is -1.92. The fourth-order valence-electron chi connectivity index (χ4n) is 0.974. The molecule has 0 aliphatic rings. The highest BCUT2D eigenvalue weighted by molar-refractivity contribution is 7.98. The van der Waals surface area contributed by atoms with E-state index in [4.69, 9.17) is 16.3 Å². The summed E-state index contributed by atoms with van der Waals surface area (Å²) in [5, 5.41) is 0.693. The predicted octanol–water partition coefficient (Wildman–Crippen LogP) is 3.00. The first-order chi connectivity index (χ1) is 6.83. The molecule has 78 valence electrons. The molecule has 1 aromatic heterocycles. The number of thioether (sulfide) groups is 1. The van der Waals surface area contributed by atoms with Gasteiger partial charge in [0.2, 0.25) is 0 Å². The summed E-state index contributed by atoms with van der Waals surface area (Å²) in [4.78, 5) is 4.21. The van der Waals surface area contributed by atoms with Gasteiger partial charge in [0.1, 0.15) is 0 Å². The Bertz CT molecular complexity index is 253. The molecular formula is C10H14ClNOS. The van der Waals surface area contributed by atoms with Crippen LogP contribution in [0, 0.1) is 0 Å². The maximum atomic E-state index is 5.73. The molecular weight excluding hydrogens is 218 g/mol. The number of rotatable bonds is 6. The highest BCUT2D eigenvalue weighted by Gasteiger charge is 1.95. The molecule has 1 rings (SSSR count). The Morgan fingerprint density at radius 2 is 2.36 bits per heavy atom. The van der Waals surface area contributed by atoms with E-state index in [0.717, 1.165) is 30.2 Å². The molecule has 1 aromatic rings. The lowest BCUT2D eigenvalue weighted by Gasteiger charge is -2.00. The SMILES string of the molecule is COCCCSCc1ccc(Cl)cn1. The quantitative estimate of drug-likeness (QED) is 0.703. The average Bonchev–Trinajstić information content (AvgIpc) is 2.21. The van der Waals surface area contributed by atoms with Crippen LogP contribution >= 0.6 is 23.4 Å². The van der Waals surface area contributed by atoms with Gasteiger partial charge in [0.05, 0.1) is 10.7 Å². The summed E-state index contributed by atoms with van der Waals surface area (Å²) < 4.78 is 4.96. The first kappa shape index (κ1) is 11.8. The van der Waals surface area contributed by atoms with Crippen molar-refractivity contribution in [3.8, 4) is 0 Å². The summed E-state index contributed by atoms with van der Waals surface area (Å²) in [7, 11) is 1.73. The van der Waals surface area contributed by atoms with Crippen molar-refractivity contribution in [2.75, 3.05) is 19.5 Å². The molecule has 0 spiro atoms. The molecule has 0 fully saturated rings. The molecule has 14 heavy (non-hydrogen) atoms. The van der Waals surface area contributed by atoms with Gasteiger partial charge in [-0.1, -0.05) is 11.6 Å². The van der Waals surface area contributed by atoms with Crippen LogP contribution in [0.25, 0.3) is 0 Å². The first-order valence-corrected chi connectivity index (χ1v) is 6.03. The van der Waals surface area contributed by atoms with E-state index in [-0.39, 0.29) is 0 Å². The zero-order valence-corrected chi connectivity index (χ0v) is 9.77. The second-order valence-electron chi connectivity index (χ2n) is 2.87. The average molecular weight is 232 g/mol. The van der Waals surface area contributed by atoms with Crippen molar-refractivity contribution in [3.05, 3.63) is 29.0 Å². The lowest BCUT2D eigenvalue weighted by atomic mass is 10.4. The van der Waals surface area contributed by atoms with Gasteiger partial charge in [0, 0.05) is 25.7 Å². The molecule has 0 N–H and O–H groups in total. The van der Waals surface area contributed by atoms with Crippen LogP contribution in [0.15, 0.2) is 18.3 Å². The van der Waals surface area contributed by atoms with Crippen LogP contribution in [-0.2, 0) is 10.5 Å². The minimum atomic E-state index is 0.693. The summed E-state index contributed by atoms with van der Waals surface area (Å²) in [6.07, 6.45) is 2.78. The van der Waals surface area contributed by atoms with E-state index in [9.17, 15) is 0 Å². The van der Waals surface area contributed by atoms with Crippen LogP contribution in [0.2, 0.25) is 5.02 Å². The van der Waals surface area contributed by atoms with Crippen molar-refractivity contribution in [2.24, 2.45) is 0 Å². The molecule has 0 amide bonds. The molecule has 4 heteroatoms. The molecule has 0 radical (unpaired) electrons. The summed E-state index contributed by atoms with van der Waals surface area (Å²) in [6, 6.07) is 3.84. The van der Waals surface area contributed by atoms with Crippen molar-refractivity contribution in [1.29, 1.82) is 0 Å². The van der Waals surface area contributed by atoms with Gasteiger partial charge in [-0.2, -0.15) is 11.8 Å². The Morgan fingerprint density at radius 3 is 3.00 bits per heavy atom. The maximum absolute atomic E-state index is 5.73. The summed E-state index contributed by atoms with van der Waals surface area (Å²) >= 11 is 7.59. The van der Waals surface area contributed by atoms with Gasteiger partial charge in [-0.15, -0.1) is 0 Å². The number of pyridine rings is 1. The third-order valence-corrected chi connectivity index (χ3v) is 2.98. The number of hydrogen-bond acceptors (Lipinski definition) is 3. The van der Waals surface area contributed by atoms with Gasteiger partial charge in [-0.05, 0) is 24.3 Å². The third-order valence-electron chi connectivity index (χ3n) is 1.68. The maximum Gasteiger partial charge on any atom is 0.0589 e. The Morgan fingerprint density at radius 1 is 1.50 bits per heavy atom. The van der Waals surface area contributed by atoms with E-state index in [1.807, 2.05) is 23.9 Å². The largest absolute Gasteiger partial charge is 0.385 e. The second-order valence-corrected chi connectivity index (χ2v) is 4.41. The van der Waals surface area contributed by atoms with E-state index >= 15 is 0 Å². The van der Waals surface area contributed by atoms with E-state index in [0.29, 0.717) is 5.02 Å². The second kappa shape index (κ2) is 7.10. The number of hydrogen-bond donors (Lipinski definition) is 0. The molecule has 0 saturated heterocycles. The van der Waals surface area contributed by atoms with Gasteiger partial charge >= 0.3 is 0 Å². The molecule has 0 aliphatic heterocycles. The monoisotopic (exact) mass is 231 g/mol. The summed E-state index contributed by atoms with van der Waals surface area (Å²) in [6.45, 7) is 0.834. The zero-order chi connectivity index (χ0) is 10.2. The molecule has 2 nitrogen and oxygen atoms in total. The van der Waals surface area contributed by atoms with Crippen molar-refractivity contribution in [3.63, 3.8) is 0 Å². The van der Waals surface area contributed by atoms with Crippen LogP contribution in [0.5, 0.6) is 0 Å². The molecule has 0 unspecified atom stereocenters. The van der Waals surface area contributed by atoms with Gasteiger partial charge in [0.15, 0.2) is 0 Å². The van der Waals surface area contributed by atoms with Gasteiger partial charge in [-0.25, -0.2) is 0 Å². The number of ether oxygens (including phenoxy) is 1. The van der Waals surface area contributed by atoms with Crippen LogP contribution in [0.3, 0.4) is 0 Å². The zero-order valence-electron chi connectivity index (χ0n) is 8.20. The van der Waals surface area contributed by atoms with Gasteiger partial charge in [-0.3, -0.25) is 4.98 Å². The van der Waals surface area contributed by atoms with Crippen LogP contribution < -0.4 is 0 Å². The summed E-state index contributed by atoms with van der Waals surface area (Å²) in [5.74, 6) is 2.05. The highest BCUT2D eigenvalue weighted by Crippen LogP contribution is 2.13. The first-order valence-electron chi connectivity index (χ1n) is 4.50.